The van der Waals surface area contributed by atoms with Gasteiger partial charge in [0.25, 0.3) is 0 Å². The molecule has 1 aromatic rings. The summed E-state index contributed by atoms with van der Waals surface area (Å²) in [6, 6.07) is 11.4. The Morgan fingerprint density at radius 3 is 2.85 bits per heavy atom. The van der Waals surface area contributed by atoms with Crippen molar-refractivity contribution in [3.05, 3.63) is 35.9 Å². The second-order valence-electron chi connectivity index (χ2n) is 6.46. The number of ether oxygens (including phenoxy) is 1. The van der Waals surface area contributed by atoms with Crippen LogP contribution in [0.3, 0.4) is 0 Å². The van der Waals surface area contributed by atoms with E-state index >= 15 is 0 Å². The first-order chi connectivity index (χ1) is 9.68. The lowest BCUT2D eigenvalue weighted by Crippen LogP contribution is -2.62. The molecule has 1 N–H and O–H groups in total. The highest BCUT2D eigenvalue weighted by Gasteiger charge is 2.39. The molecule has 0 aliphatic carbocycles. The Kier molecular flexibility index (Phi) is 4.11. The first-order valence-corrected chi connectivity index (χ1v) is 7.84. The molecule has 0 amide bonds. The molecule has 3 unspecified atom stereocenters. The summed E-state index contributed by atoms with van der Waals surface area (Å²) >= 11 is 0. The van der Waals surface area contributed by atoms with Gasteiger partial charge >= 0.3 is 0 Å². The minimum atomic E-state index is 0.0692. The maximum absolute atomic E-state index is 5.86. The van der Waals surface area contributed by atoms with E-state index in [1.807, 2.05) is 0 Å². The van der Waals surface area contributed by atoms with E-state index in [0.29, 0.717) is 12.1 Å². The van der Waals surface area contributed by atoms with Gasteiger partial charge in [-0.15, -0.1) is 0 Å². The molecule has 3 heteroatoms. The lowest BCUT2D eigenvalue weighted by molar-refractivity contribution is -0.000431. The SMILES string of the molecule is CC1CN(CC2CCCO2)C(C)(c2ccccc2)CN1. The van der Waals surface area contributed by atoms with Crippen LogP contribution in [-0.2, 0) is 10.3 Å². The molecule has 0 saturated carbocycles. The van der Waals surface area contributed by atoms with Gasteiger partial charge in [0.1, 0.15) is 0 Å². The smallest absolute Gasteiger partial charge is 0.0703 e. The Labute approximate surface area is 122 Å². The van der Waals surface area contributed by atoms with Crippen molar-refractivity contribution in [3.63, 3.8) is 0 Å². The molecular formula is C17H26N2O. The van der Waals surface area contributed by atoms with E-state index in [0.717, 1.165) is 26.2 Å². The van der Waals surface area contributed by atoms with E-state index in [9.17, 15) is 0 Å². The Balaban J connectivity index is 1.81. The summed E-state index contributed by atoms with van der Waals surface area (Å²) in [4.78, 5) is 2.62. The average Bonchev–Trinajstić information content (AvgIpc) is 2.97. The fraction of sp³-hybridized carbons (Fsp3) is 0.647. The van der Waals surface area contributed by atoms with Gasteiger partial charge in [-0.25, -0.2) is 0 Å². The minimum absolute atomic E-state index is 0.0692. The summed E-state index contributed by atoms with van der Waals surface area (Å²) in [5.74, 6) is 0. The highest BCUT2D eigenvalue weighted by atomic mass is 16.5. The van der Waals surface area contributed by atoms with Gasteiger partial charge < -0.3 is 10.1 Å². The molecule has 20 heavy (non-hydrogen) atoms. The topological polar surface area (TPSA) is 24.5 Å². The van der Waals surface area contributed by atoms with Gasteiger partial charge in [-0.2, -0.15) is 0 Å². The van der Waals surface area contributed by atoms with Gasteiger partial charge in [0.15, 0.2) is 0 Å². The fourth-order valence-electron chi connectivity index (χ4n) is 3.47. The van der Waals surface area contributed by atoms with Crippen molar-refractivity contribution in [3.8, 4) is 0 Å². The van der Waals surface area contributed by atoms with Crippen LogP contribution in [0.5, 0.6) is 0 Å². The zero-order valence-corrected chi connectivity index (χ0v) is 12.6. The van der Waals surface area contributed by atoms with Gasteiger partial charge in [-0.3, -0.25) is 4.90 Å². The molecule has 3 rings (SSSR count). The number of benzene rings is 1. The predicted molar refractivity (Wildman–Crippen MR) is 81.8 cm³/mol. The number of piperazine rings is 1. The van der Waals surface area contributed by atoms with Gasteiger partial charge in [0.05, 0.1) is 11.6 Å². The number of rotatable bonds is 3. The van der Waals surface area contributed by atoms with E-state index in [2.05, 4.69) is 54.4 Å². The van der Waals surface area contributed by atoms with E-state index in [-0.39, 0.29) is 5.54 Å². The largest absolute Gasteiger partial charge is 0.377 e. The molecule has 0 bridgehead atoms. The average molecular weight is 274 g/mol. The second kappa shape index (κ2) is 5.84. The highest BCUT2D eigenvalue weighted by molar-refractivity contribution is 5.25. The first kappa shape index (κ1) is 14.1. The van der Waals surface area contributed by atoms with Gasteiger partial charge in [-0.1, -0.05) is 30.3 Å². The van der Waals surface area contributed by atoms with Crippen molar-refractivity contribution in [2.75, 3.05) is 26.2 Å². The summed E-state index contributed by atoms with van der Waals surface area (Å²) in [6.07, 6.45) is 2.85. The molecule has 0 aromatic heterocycles. The molecule has 1 aromatic carbocycles. The third-order valence-electron chi connectivity index (χ3n) is 4.83. The normalized spacial score (nSPS) is 35.3. The van der Waals surface area contributed by atoms with Crippen molar-refractivity contribution in [1.82, 2.24) is 10.2 Å². The number of nitrogens with zero attached hydrogens (tertiary/aromatic N) is 1. The van der Waals surface area contributed by atoms with Crippen LogP contribution in [0.15, 0.2) is 30.3 Å². The van der Waals surface area contributed by atoms with Crippen LogP contribution in [0.25, 0.3) is 0 Å². The van der Waals surface area contributed by atoms with Gasteiger partial charge in [0, 0.05) is 32.3 Å². The van der Waals surface area contributed by atoms with Crippen LogP contribution in [0, 0.1) is 0 Å². The van der Waals surface area contributed by atoms with Crippen molar-refractivity contribution in [2.45, 2.75) is 44.4 Å². The molecule has 3 atom stereocenters. The van der Waals surface area contributed by atoms with E-state index < -0.39 is 0 Å². The summed E-state index contributed by atoms with van der Waals surface area (Å²) in [6.45, 7) is 8.71. The van der Waals surface area contributed by atoms with Gasteiger partial charge in [-0.05, 0) is 32.3 Å². The lowest BCUT2D eigenvalue weighted by atomic mass is 9.86. The van der Waals surface area contributed by atoms with Crippen LogP contribution in [-0.4, -0.2) is 43.3 Å². The highest BCUT2D eigenvalue weighted by Crippen LogP contribution is 2.31. The summed E-state index contributed by atoms with van der Waals surface area (Å²) in [5, 5.41) is 3.64. The zero-order valence-electron chi connectivity index (χ0n) is 12.6. The van der Waals surface area contributed by atoms with E-state index in [1.54, 1.807) is 0 Å². The third-order valence-corrected chi connectivity index (χ3v) is 4.83. The second-order valence-corrected chi connectivity index (χ2v) is 6.46. The fourth-order valence-corrected chi connectivity index (χ4v) is 3.47. The Bertz CT molecular complexity index is 430. The van der Waals surface area contributed by atoms with Crippen LogP contribution < -0.4 is 5.32 Å². The molecule has 2 aliphatic heterocycles. The van der Waals surface area contributed by atoms with Crippen molar-refractivity contribution in [1.29, 1.82) is 0 Å². The summed E-state index contributed by atoms with van der Waals surface area (Å²) in [5.41, 5.74) is 1.47. The van der Waals surface area contributed by atoms with Crippen LogP contribution in [0.4, 0.5) is 0 Å². The molecule has 2 fully saturated rings. The molecule has 0 radical (unpaired) electrons. The van der Waals surface area contributed by atoms with E-state index in [4.69, 9.17) is 4.74 Å². The van der Waals surface area contributed by atoms with Crippen LogP contribution in [0.2, 0.25) is 0 Å². The molecule has 2 saturated heterocycles. The van der Waals surface area contributed by atoms with Gasteiger partial charge in [0.2, 0.25) is 0 Å². The van der Waals surface area contributed by atoms with E-state index in [1.165, 1.54) is 18.4 Å². The maximum Gasteiger partial charge on any atom is 0.0703 e. The molecular weight excluding hydrogens is 248 g/mol. The first-order valence-electron chi connectivity index (χ1n) is 7.84. The monoisotopic (exact) mass is 274 g/mol. The molecule has 2 aliphatic rings. The number of hydrogen-bond acceptors (Lipinski definition) is 3. The Morgan fingerprint density at radius 2 is 2.15 bits per heavy atom. The minimum Gasteiger partial charge on any atom is -0.377 e. The summed E-state index contributed by atoms with van der Waals surface area (Å²) < 4.78 is 5.86. The Hall–Kier alpha value is -0.900. The van der Waals surface area contributed by atoms with Crippen molar-refractivity contribution < 1.29 is 4.74 Å². The lowest BCUT2D eigenvalue weighted by Gasteiger charge is -2.48. The quantitative estimate of drug-likeness (QED) is 0.916. The van der Waals surface area contributed by atoms with Crippen LogP contribution >= 0.6 is 0 Å². The predicted octanol–water partition coefficient (Wildman–Crippen LogP) is 2.37. The summed E-state index contributed by atoms with van der Waals surface area (Å²) in [7, 11) is 0. The molecule has 0 spiro atoms. The standard InChI is InChI=1S/C17H26N2O/c1-14-11-19(12-16-9-6-10-20-16)17(2,13-18-14)15-7-4-3-5-8-15/h3-5,7-8,14,16,18H,6,9-13H2,1-2H3. The molecule has 110 valence electrons. The number of nitrogens with one attached hydrogen (secondary N) is 1. The molecule has 3 nitrogen and oxygen atoms in total. The van der Waals surface area contributed by atoms with Crippen molar-refractivity contribution >= 4 is 0 Å². The third kappa shape index (κ3) is 2.76. The van der Waals surface area contributed by atoms with Crippen molar-refractivity contribution in [2.24, 2.45) is 0 Å². The number of hydrogen-bond donors (Lipinski definition) is 1. The van der Waals surface area contributed by atoms with Crippen LogP contribution in [0.1, 0.15) is 32.3 Å². The zero-order chi connectivity index (χ0) is 14.0. The maximum atomic E-state index is 5.86. The molecule has 2 heterocycles. The Morgan fingerprint density at radius 1 is 1.35 bits per heavy atom.